The molecule has 0 atom stereocenters. The molecule has 0 saturated carbocycles. The first-order valence-corrected chi connectivity index (χ1v) is 8.08. The number of unbranched alkanes of at least 4 members (excludes halogenated alkanes) is 1. The lowest BCUT2D eigenvalue weighted by Crippen LogP contribution is -2.01. The first kappa shape index (κ1) is 16.2. The van der Waals surface area contributed by atoms with Crippen LogP contribution < -0.4 is 4.74 Å². The van der Waals surface area contributed by atoms with Gasteiger partial charge in [-0.2, -0.15) is 0 Å². The third kappa shape index (κ3) is 3.15. The molecular weight excluding hydrogens is 305 g/mol. The van der Waals surface area contributed by atoms with E-state index in [9.17, 15) is 4.39 Å². The minimum atomic E-state index is -0.274. The van der Waals surface area contributed by atoms with E-state index in [4.69, 9.17) is 4.74 Å². The van der Waals surface area contributed by atoms with E-state index in [1.165, 1.54) is 12.1 Å². The lowest BCUT2D eigenvalue weighted by molar-refractivity contribution is 0.416. The molecule has 0 amide bonds. The van der Waals surface area contributed by atoms with Gasteiger partial charge in [0.05, 0.1) is 18.5 Å². The largest absolute Gasteiger partial charge is 0.496 e. The number of nitrogens with zero attached hydrogens (tertiary/aromatic N) is 3. The van der Waals surface area contributed by atoms with Gasteiger partial charge >= 0.3 is 0 Å². The highest BCUT2D eigenvalue weighted by molar-refractivity contribution is 5.71. The van der Waals surface area contributed by atoms with E-state index in [0.717, 1.165) is 47.7 Å². The van der Waals surface area contributed by atoms with Crippen molar-refractivity contribution in [2.75, 3.05) is 7.11 Å². The van der Waals surface area contributed by atoms with Crippen molar-refractivity contribution in [1.29, 1.82) is 0 Å². The van der Waals surface area contributed by atoms with Gasteiger partial charge in [-0.05, 0) is 49.2 Å². The molecule has 0 spiro atoms. The van der Waals surface area contributed by atoms with E-state index in [1.807, 2.05) is 24.3 Å². The molecule has 24 heavy (non-hydrogen) atoms. The Bertz CT molecular complexity index is 812. The van der Waals surface area contributed by atoms with E-state index in [0.29, 0.717) is 0 Å². The maximum Gasteiger partial charge on any atom is 0.128 e. The molecule has 0 N–H and O–H groups in total. The minimum Gasteiger partial charge on any atom is -0.496 e. The standard InChI is InChI=1S/C19H20FN3O/c1-3-4-8-17-19(16-7-5-6-9-18(16)24-2)23(22-21-17)15-12-10-14(20)11-13-15/h5-7,9-13H,3-4,8H2,1-2H3. The van der Waals surface area contributed by atoms with E-state index < -0.39 is 0 Å². The van der Waals surface area contributed by atoms with Crippen molar-refractivity contribution in [3.63, 3.8) is 0 Å². The molecule has 3 aromatic rings. The number of para-hydroxylation sites is 1. The molecule has 5 heteroatoms. The lowest BCUT2D eigenvalue weighted by atomic mass is 10.1. The summed E-state index contributed by atoms with van der Waals surface area (Å²) >= 11 is 0. The van der Waals surface area contributed by atoms with E-state index in [2.05, 4.69) is 17.2 Å². The average Bonchev–Trinajstić information content (AvgIpc) is 3.04. The summed E-state index contributed by atoms with van der Waals surface area (Å²) < 4.78 is 20.5. The number of rotatable bonds is 6. The number of hydrogen-bond donors (Lipinski definition) is 0. The highest BCUT2D eigenvalue weighted by atomic mass is 19.1. The van der Waals surface area contributed by atoms with Gasteiger partial charge in [-0.15, -0.1) is 5.10 Å². The molecule has 0 aliphatic carbocycles. The maximum atomic E-state index is 13.3. The van der Waals surface area contributed by atoms with Gasteiger partial charge in [0.1, 0.15) is 17.3 Å². The molecule has 2 aromatic carbocycles. The van der Waals surface area contributed by atoms with Gasteiger partial charge in [0.15, 0.2) is 0 Å². The van der Waals surface area contributed by atoms with Crippen molar-refractivity contribution in [1.82, 2.24) is 15.0 Å². The Morgan fingerprint density at radius 2 is 1.83 bits per heavy atom. The number of halogens is 1. The Kier molecular flexibility index (Phi) is 4.89. The van der Waals surface area contributed by atoms with Gasteiger partial charge in [0, 0.05) is 5.56 Å². The Labute approximate surface area is 140 Å². The van der Waals surface area contributed by atoms with Crippen molar-refractivity contribution in [2.24, 2.45) is 0 Å². The van der Waals surface area contributed by atoms with E-state index >= 15 is 0 Å². The van der Waals surface area contributed by atoms with Crippen LogP contribution in [0.2, 0.25) is 0 Å². The Morgan fingerprint density at radius 1 is 1.08 bits per heavy atom. The molecule has 1 heterocycles. The third-order valence-corrected chi connectivity index (χ3v) is 3.94. The van der Waals surface area contributed by atoms with Crippen LogP contribution >= 0.6 is 0 Å². The second-order valence-corrected chi connectivity index (χ2v) is 5.58. The van der Waals surface area contributed by atoms with Crippen LogP contribution in [0.1, 0.15) is 25.5 Å². The van der Waals surface area contributed by atoms with Crippen LogP contribution in [-0.2, 0) is 6.42 Å². The van der Waals surface area contributed by atoms with Crippen LogP contribution in [0.5, 0.6) is 5.75 Å². The Balaban J connectivity index is 2.16. The van der Waals surface area contributed by atoms with Gasteiger partial charge in [0.2, 0.25) is 0 Å². The predicted octanol–water partition coefficient (Wildman–Crippen LogP) is 4.42. The van der Waals surface area contributed by atoms with Crippen LogP contribution in [0, 0.1) is 5.82 Å². The molecule has 0 unspecified atom stereocenters. The number of aromatic nitrogens is 3. The normalized spacial score (nSPS) is 10.8. The molecule has 124 valence electrons. The summed E-state index contributed by atoms with van der Waals surface area (Å²) in [6.45, 7) is 2.15. The first-order valence-electron chi connectivity index (χ1n) is 8.08. The number of methoxy groups -OCH3 is 1. The molecule has 0 aliphatic rings. The minimum absolute atomic E-state index is 0.274. The number of ether oxygens (including phenoxy) is 1. The summed E-state index contributed by atoms with van der Waals surface area (Å²) in [5, 5.41) is 8.68. The monoisotopic (exact) mass is 325 g/mol. The molecule has 0 fully saturated rings. The topological polar surface area (TPSA) is 39.9 Å². The van der Waals surface area contributed by atoms with Crippen LogP contribution in [-0.4, -0.2) is 22.1 Å². The molecule has 0 radical (unpaired) electrons. The molecule has 3 rings (SSSR count). The summed E-state index contributed by atoms with van der Waals surface area (Å²) in [5.41, 5.74) is 3.52. The zero-order valence-electron chi connectivity index (χ0n) is 13.9. The van der Waals surface area contributed by atoms with Crippen LogP contribution in [0.3, 0.4) is 0 Å². The zero-order valence-corrected chi connectivity index (χ0v) is 13.9. The van der Waals surface area contributed by atoms with Crippen LogP contribution in [0.25, 0.3) is 16.9 Å². The van der Waals surface area contributed by atoms with Crippen molar-refractivity contribution in [2.45, 2.75) is 26.2 Å². The fraction of sp³-hybridized carbons (Fsp3) is 0.263. The second kappa shape index (κ2) is 7.25. The van der Waals surface area contributed by atoms with Crippen molar-refractivity contribution in [3.05, 3.63) is 60.0 Å². The van der Waals surface area contributed by atoms with Crippen molar-refractivity contribution < 1.29 is 9.13 Å². The quantitative estimate of drug-likeness (QED) is 0.673. The average molecular weight is 325 g/mol. The first-order chi connectivity index (χ1) is 11.7. The molecule has 1 aromatic heterocycles. The number of aryl methyl sites for hydroxylation is 1. The van der Waals surface area contributed by atoms with Gasteiger partial charge in [-0.3, -0.25) is 0 Å². The maximum absolute atomic E-state index is 13.3. The molecular formula is C19H20FN3O. The van der Waals surface area contributed by atoms with Gasteiger partial charge < -0.3 is 4.74 Å². The smallest absolute Gasteiger partial charge is 0.128 e. The lowest BCUT2D eigenvalue weighted by Gasteiger charge is -2.12. The van der Waals surface area contributed by atoms with Gasteiger partial charge in [-0.1, -0.05) is 30.7 Å². The summed E-state index contributed by atoms with van der Waals surface area (Å²) in [5.74, 6) is 0.491. The third-order valence-electron chi connectivity index (χ3n) is 3.94. The molecule has 4 nitrogen and oxygen atoms in total. The van der Waals surface area contributed by atoms with Gasteiger partial charge in [-0.25, -0.2) is 9.07 Å². The molecule has 0 bridgehead atoms. The number of benzene rings is 2. The zero-order chi connectivity index (χ0) is 16.9. The second-order valence-electron chi connectivity index (χ2n) is 5.58. The van der Waals surface area contributed by atoms with Gasteiger partial charge in [0.25, 0.3) is 0 Å². The summed E-state index contributed by atoms with van der Waals surface area (Å²) in [7, 11) is 1.65. The van der Waals surface area contributed by atoms with E-state index in [-0.39, 0.29) is 5.82 Å². The summed E-state index contributed by atoms with van der Waals surface area (Å²) in [6.07, 6.45) is 2.95. The molecule has 0 saturated heterocycles. The Morgan fingerprint density at radius 3 is 2.54 bits per heavy atom. The predicted molar refractivity (Wildman–Crippen MR) is 91.9 cm³/mol. The van der Waals surface area contributed by atoms with Crippen LogP contribution in [0.15, 0.2) is 48.5 Å². The SMILES string of the molecule is CCCCc1nnn(-c2ccc(F)cc2)c1-c1ccccc1OC. The fourth-order valence-electron chi connectivity index (χ4n) is 2.70. The van der Waals surface area contributed by atoms with Crippen LogP contribution in [0.4, 0.5) is 4.39 Å². The highest BCUT2D eigenvalue weighted by Gasteiger charge is 2.19. The van der Waals surface area contributed by atoms with E-state index in [1.54, 1.807) is 23.9 Å². The number of hydrogen-bond acceptors (Lipinski definition) is 3. The Hall–Kier alpha value is -2.69. The molecule has 0 aliphatic heterocycles. The summed E-state index contributed by atoms with van der Waals surface area (Å²) in [6, 6.07) is 14.1. The fourth-order valence-corrected chi connectivity index (χ4v) is 2.70. The highest BCUT2D eigenvalue weighted by Crippen LogP contribution is 2.33. The van der Waals surface area contributed by atoms with Crippen molar-refractivity contribution >= 4 is 0 Å². The van der Waals surface area contributed by atoms with Crippen molar-refractivity contribution in [3.8, 4) is 22.7 Å². The summed E-state index contributed by atoms with van der Waals surface area (Å²) in [4.78, 5) is 0.